The highest BCUT2D eigenvalue weighted by molar-refractivity contribution is 5.22. The Balaban J connectivity index is 1.54. The van der Waals surface area contributed by atoms with Crippen LogP contribution in [0.2, 0.25) is 0 Å². The number of benzene rings is 1. The summed E-state index contributed by atoms with van der Waals surface area (Å²) in [5.41, 5.74) is 3.52. The lowest BCUT2D eigenvalue weighted by atomic mass is 9.93. The maximum Gasteiger partial charge on any atom is 0.0681 e. The summed E-state index contributed by atoms with van der Waals surface area (Å²) in [5, 5.41) is 22.5. The summed E-state index contributed by atoms with van der Waals surface area (Å²) >= 11 is 0. The van der Waals surface area contributed by atoms with E-state index in [-0.39, 0.29) is 13.2 Å². The Morgan fingerprint density at radius 1 is 1.00 bits per heavy atom. The van der Waals surface area contributed by atoms with Gasteiger partial charge in [-0.05, 0) is 43.1 Å². The van der Waals surface area contributed by atoms with Gasteiger partial charge in [-0.15, -0.1) is 0 Å². The van der Waals surface area contributed by atoms with Crippen molar-refractivity contribution in [2.75, 3.05) is 19.7 Å². The molecule has 0 atom stereocenters. The van der Waals surface area contributed by atoms with Crippen molar-refractivity contribution in [3.05, 3.63) is 53.3 Å². The standard InChI is InChI=1S/C18H25N3O2/c22-12-11-21-18(5-8-19-21)17-6-9-20(10-7-17)13-15-1-3-16(14-23)4-2-15/h1-5,8,17,22-23H,6-7,9-14H2. The van der Waals surface area contributed by atoms with Gasteiger partial charge in [-0.1, -0.05) is 24.3 Å². The highest BCUT2D eigenvalue weighted by atomic mass is 16.3. The summed E-state index contributed by atoms with van der Waals surface area (Å²) in [6.45, 7) is 3.95. The van der Waals surface area contributed by atoms with Gasteiger partial charge in [0.2, 0.25) is 0 Å². The number of piperidine rings is 1. The number of aromatic nitrogens is 2. The third kappa shape index (κ3) is 3.99. The van der Waals surface area contributed by atoms with Crippen LogP contribution in [0.15, 0.2) is 36.5 Å². The molecule has 5 nitrogen and oxygen atoms in total. The molecule has 0 aliphatic carbocycles. The first kappa shape index (κ1) is 16.2. The normalized spacial score (nSPS) is 16.8. The first-order valence-corrected chi connectivity index (χ1v) is 8.33. The molecule has 1 aliphatic heterocycles. The molecule has 2 aromatic rings. The second kappa shape index (κ2) is 7.73. The van der Waals surface area contributed by atoms with Gasteiger partial charge in [0, 0.05) is 24.4 Å². The molecule has 5 heteroatoms. The van der Waals surface area contributed by atoms with Crippen molar-refractivity contribution in [1.29, 1.82) is 0 Å². The SMILES string of the molecule is OCCn1nccc1C1CCN(Cc2ccc(CO)cc2)CC1. The predicted octanol–water partition coefficient (Wildman–Crippen LogP) is 1.75. The number of rotatable bonds is 6. The molecular weight excluding hydrogens is 290 g/mol. The maximum atomic E-state index is 9.12. The van der Waals surface area contributed by atoms with Gasteiger partial charge in [0.25, 0.3) is 0 Å². The maximum absolute atomic E-state index is 9.12. The third-order valence-corrected chi connectivity index (χ3v) is 4.68. The van der Waals surface area contributed by atoms with E-state index in [9.17, 15) is 0 Å². The lowest BCUT2D eigenvalue weighted by Crippen LogP contribution is -2.33. The molecule has 1 fully saturated rings. The second-order valence-electron chi connectivity index (χ2n) is 6.23. The largest absolute Gasteiger partial charge is 0.394 e. The summed E-state index contributed by atoms with van der Waals surface area (Å²) < 4.78 is 1.94. The first-order valence-electron chi connectivity index (χ1n) is 8.33. The zero-order chi connectivity index (χ0) is 16.1. The van der Waals surface area contributed by atoms with Crippen LogP contribution in [0.4, 0.5) is 0 Å². The van der Waals surface area contributed by atoms with Gasteiger partial charge in [-0.2, -0.15) is 5.10 Å². The molecule has 0 saturated carbocycles. The second-order valence-corrected chi connectivity index (χ2v) is 6.23. The van der Waals surface area contributed by atoms with Crippen LogP contribution >= 0.6 is 0 Å². The zero-order valence-electron chi connectivity index (χ0n) is 13.4. The van der Waals surface area contributed by atoms with Crippen LogP contribution in [-0.2, 0) is 19.7 Å². The Kier molecular flexibility index (Phi) is 5.43. The monoisotopic (exact) mass is 315 g/mol. The molecule has 2 heterocycles. The summed E-state index contributed by atoms with van der Waals surface area (Å²) in [6, 6.07) is 10.3. The number of nitrogens with zero attached hydrogens (tertiary/aromatic N) is 3. The van der Waals surface area contributed by atoms with Gasteiger partial charge in [-0.3, -0.25) is 9.58 Å². The van der Waals surface area contributed by atoms with Crippen molar-refractivity contribution in [1.82, 2.24) is 14.7 Å². The fraction of sp³-hybridized carbons (Fsp3) is 0.500. The number of aliphatic hydroxyl groups is 2. The molecule has 1 aromatic carbocycles. The van der Waals surface area contributed by atoms with Crippen molar-refractivity contribution < 1.29 is 10.2 Å². The highest BCUT2D eigenvalue weighted by Gasteiger charge is 2.23. The minimum absolute atomic E-state index is 0.104. The van der Waals surface area contributed by atoms with Gasteiger partial charge < -0.3 is 10.2 Å². The van der Waals surface area contributed by atoms with Crippen molar-refractivity contribution in [3.63, 3.8) is 0 Å². The van der Waals surface area contributed by atoms with Gasteiger partial charge in [0.1, 0.15) is 0 Å². The van der Waals surface area contributed by atoms with Gasteiger partial charge in [0.05, 0.1) is 19.8 Å². The molecule has 1 aromatic heterocycles. The summed E-state index contributed by atoms with van der Waals surface area (Å²) in [7, 11) is 0. The van der Waals surface area contributed by atoms with Crippen LogP contribution in [0.3, 0.4) is 0 Å². The van der Waals surface area contributed by atoms with E-state index in [4.69, 9.17) is 10.2 Å². The van der Waals surface area contributed by atoms with Crippen LogP contribution in [-0.4, -0.2) is 44.6 Å². The molecule has 1 saturated heterocycles. The molecule has 1 aliphatic rings. The van der Waals surface area contributed by atoms with E-state index in [1.807, 2.05) is 23.0 Å². The fourth-order valence-electron chi connectivity index (χ4n) is 3.37. The smallest absolute Gasteiger partial charge is 0.0681 e. The summed E-state index contributed by atoms with van der Waals surface area (Å²) in [5.74, 6) is 0.539. The Morgan fingerprint density at radius 2 is 1.70 bits per heavy atom. The van der Waals surface area contributed by atoms with Crippen molar-refractivity contribution >= 4 is 0 Å². The van der Waals surface area contributed by atoms with Crippen molar-refractivity contribution in [2.24, 2.45) is 0 Å². The van der Waals surface area contributed by atoms with Gasteiger partial charge >= 0.3 is 0 Å². The van der Waals surface area contributed by atoms with E-state index >= 15 is 0 Å². The summed E-state index contributed by atoms with van der Waals surface area (Å²) in [6.07, 6.45) is 4.10. The van der Waals surface area contributed by atoms with E-state index in [1.54, 1.807) is 0 Å². The zero-order valence-corrected chi connectivity index (χ0v) is 13.4. The topological polar surface area (TPSA) is 61.5 Å². The van der Waals surface area contributed by atoms with Crippen LogP contribution in [0.5, 0.6) is 0 Å². The Morgan fingerprint density at radius 3 is 2.35 bits per heavy atom. The van der Waals surface area contributed by atoms with Crippen molar-refractivity contribution in [3.8, 4) is 0 Å². The molecule has 0 unspecified atom stereocenters. The molecule has 3 rings (SSSR count). The number of likely N-dealkylation sites (tertiary alicyclic amines) is 1. The lowest BCUT2D eigenvalue weighted by Gasteiger charge is -2.32. The molecule has 0 bridgehead atoms. The van der Waals surface area contributed by atoms with Gasteiger partial charge in [0.15, 0.2) is 0 Å². The average molecular weight is 315 g/mol. The van der Waals surface area contributed by atoms with Crippen LogP contribution in [0.1, 0.15) is 35.6 Å². The number of aliphatic hydroxyl groups excluding tert-OH is 2. The molecule has 0 radical (unpaired) electrons. The van der Waals surface area contributed by atoms with Crippen molar-refractivity contribution in [2.45, 2.75) is 38.5 Å². The Labute approximate surface area is 137 Å². The fourth-order valence-corrected chi connectivity index (χ4v) is 3.37. The molecule has 0 spiro atoms. The molecule has 0 amide bonds. The number of hydrogen-bond acceptors (Lipinski definition) is 4. The third-order valence-electron chi connectivity index (χ3n) is 4.68. The average Bonchev–Trinajstić information content (AvgIpc) is 3.05. The number of hydrogen-bond donors (Lipinski definition) is 2. The van der Waals surface area contributed by atoms with E-state index < -0.39 is 0 Å². The molecule has 124 valence electrons. The first-order chi connectivity index (χ1) is 11.3. The Bertz CT molecular complexity index is 601. The molecule has 2 N–H and O–H groups in total. The van der Waals surface area contributed by atoms with E-state index in [2.05, 4.69) is 28.2 Å². The molecular formula is C18H25N3O2. The summed E-state index contributed by atoms with van der Waals surface area (Å²) in [4.78, 5) is 2.48. The lowest BCUT2D eigenvalue weighted by molar-refractivity contribution is 0.199. The Hall–Kier alpha value is -1.69. The van der Waals surface area contributed by atoms with E-state index in [0.29, 0.717) is 12.5 Å². The van der Waals surface area contributed by atoms with Crippen LogP contribution in [0.25, 0.3) is 0 Å². The van der Waals surface area contributed by atoms with Crippen LogP contribution in [0, 0.1) is 0 Å². The van der Waals surface area contributed by atoms with Crippen LogP contribution < -0.4 is 0 Å². The quantitative estimate of drug-likeness (QED) is 0.852. The highest BCUT2D eigenvalue weighted by Crippen LogP contribution is 2.28. The van der Waals surface area contributed by atoms with Gasteiger partial charge in [-0.25, -0.2) is 0 Å². The predicted molar refractivity (Wildman–Crippen MR) is 88.9 cm³/mol. The molecule has 23 heavy (non-hydrogen) atoms. The van der Waals surface area contributed by atoms with E-state index in [0.717, 1.165) is 38.0 Å². The van der Waals surface area contributed by atoms with E-state index in [1.165, 1.54) is 11.3 Å². The minimum atomic E-state index is 0.104. The minimum Gasteiger partial charge on any atom is -0.394 e.